The van der Waals surface area contributed by atoms with Crippen molar-refractivity contribution < 1.29 is 9.21 Å². The summed E-state index contributed by atoms with van der Waals surface area (Å²) in [6, 6.07) is 11.6. The Morgan fingerprint density at radius 2 is 1.96 bits per heavy atom. The number of nitrogens with one attached hydrogen (secondary N) is 1. The van der Waals surface area contributed by atoms with Gasteiger partial charge in [0.15, 0.2) is 10.8 Å². The molecule has 6 heteroatoms. The van der Waals surface area contributed by atoms with Crippen molar-refractivity contribution in [1.29, 1.82) is 0 Å². The molecule has 3 aromatic rings. The van der Waals surface area contributed by atoms with Gasteiger partial charge in [-0.25, -0.2) is 4.98 Å². The number of hydrogen-bond donors (Lipinski definition) is 2. The van der Waals surface area contributed by atoms with Crippen LogP contribution in [0.25, 0.3) is 10.8 Å². The summed E-state index contributed by atoms with van der Waals surface area (Å²) in [7, 11) is 0. The number of benzene rings is 1. The number of aromatic nitrogens is 1. The van der Waals surface area contributed by atoms with Gasteiger partial charge in [-0.3, -0.25) is 4.79 Å². The van der Waals surface area contributed by atoms with Gasteiger partial charge in [-0.15, -0.1) is 11.3 Å². The van der Waals surface area contributed by atoms with Crippen LogP contribution in [0, 0.1) is 0 Å². The van der Waals surface area contributed by atoms with Crippen molar-refractivity contribution in [2.24, 2.45) is 5.73 Å². The first-order chi connectivity index (χ1) is 12.0. The maximum absolute atomic E-state index is 12.3. The lowest BCUT2D eigenvalue weighted by molar-refractivity contribution is 0.0955. The molecule has 5 nitrogen and oxygen atoms in total. The van der Waals surface area contributed by atoms with Gasteiger partial charge in [-0.1, -0.05) is 38.1 Å². The third-order valence-corrected chi connectivity index (χ3v) is 4.99. The van der Waals surface area contributed by atoms with Crippen molar-refractivity contribution in [1.82, 2.24) is 10.3 Å². The van der Waals surface area contributed by atoms with Gasteiger partial charge in [-0.05, 0) is 29.2 Å². The van der Waals surface area contributed by atoms with Gasteiger partial charge < -0.3 is 15.5 Å². The molecule has 0 radical (unpaired) electrons. The lowest BCUT2D eigenvalue weighted by Crippen LogP contribution is -2.31. The Labute approximate surface area is 150 Å². The van der Waals surface area contributed by atoms with E-state index >= 15 is 0 Å². The van der Waals surface area contributed by atoms with Crippen LogP contribution in [0.1, 0.15) is 46.6 Å². The van der Waals surface area contributed by atoms with Crippen LogP contribution in [0.5, 0.6) is 0 Å². The van der Waals surface area contributed by atoms with Crippen LogP contribution in [-0.2, 0) is 0 Å². The lowest BCUT2D eigenvalue weighted by Gasteiger charge is -2.14. The number of nitrogens with two attached hydrogens (primary N) is 1. The molecule has 0 saturated heterocycles. The minimum Gasteiger partial charge on any atom is -0.462 e. The Bertz CT molecular complexity index is 823. The van der Waals surface area contributed by atoms with Crippen molar-refractivity contribution in [2.45, 2.75) is 25.8 Å². The highest BCUT2D eigenvalue weighted by Gasteiger charge is 2.14. The molecule has 1 aromatic carbocycles. The van der Waals surface area contributed by atoms with E-state index in [2.05, 4.69) is 36.3 Å². The molecule has 0 saturated carbocycles. The van der Waals surface area contributed by atoms with Crippen LogP contribution in [0.4, 0.5) is 0 Å². The monoisotopic (exact) mass is 355 g/mol. The number of furan rings is 1. The fourth-order valence-electron chi connectivity index (χ4n) is 2.43. The van der Waals surface area contributed by atoms with Crippen LogP contribution in [-0.4, -0.2) is 17.4 Å². The number of nitrogens with zero attached hydrogens (tertiary/aromatic N) is 1. The van der Waals surface area contributed by atoms with E-state index < -0.39 is 0 Å². The van der Waals surface area contributed by atoms with Gasteiger partial charge >= 0.3 is 0 Å². The summed E-state index contributed by atoms with van der Waals surface area (Å²) in [6.07, 6.45) is 3.14. The largest absolute Gasteiger partial charge is 0.462 e. The Hall–Kier alpha value is -2.44. The molecular weight excluding hydrogens is 334 g/mol. The van der Waals surface area contributed by atoms with Crippen molar-refractivity contribution >= 4 is 17.2 Å². The molecule has 130 valence electrons. The molecule has 1 atom stereocenters. The molecule has 0 bridgehead atoms. The zero-order valence-corrected chi connectivity index (χ0v) is 15.0. The SMILES string of the molecule is CC(C)c1ccc(C(N)CNC(=O)c2cnc(-c3ccco3)s2)cc1. The van der Waals surface area contributed by atoms with E-state index in [0.29, 0.717) is 28.1 Å². The highest BCUT2D eigenvalue weighted by molar-refractivity contribution is 7.16. The zero-order valence-electron chi connectivity index (χ0n) is 14.2. The second-order valence-electron chi connectivity index (χ2n) is 6.14. The van der Waals surface area contributed by atoms with Crippen LogP contribution in [0.3, 0.4) is 0 Å². The molecule has 0 aliphatic heterocycles. The number of hydrogen-bond acceptors (Lipinski definition) is 5. The predicted molar refractivity (Wildman–Crippen MR) is 99.6 cm³/mol. The molecule has 2 aromatic heterocycles. The zero-order chi connectivity index (χ0) is 17.8. The maximum Gasteiger partial charge on any atom is 0.263 e. The molecule has 25 heavy (non-hydrogen) atoms. The molecule has 3 rings (SSSR count). The Morgan fingerprint density at radius 1 is 1.24 bits per heavy atom. The number of thiazole rings is 1. The molecule has 0 fully saturated rings. The first-order valence-electron chi connectivity index (χ1n) is 8.18. The van der Waals surface area contributed by atoms with E-state index in [9.17, 15) is 4.79 Å². The topological polar surface area (TPSA) is 81.1 Å². The highest BCUT2D eigenvalue weighted by Crippen LogP contribution is 2.25. The van der Waals surface area contributed by atoms with Crippen molar-refractivity contribution in [3.05, 3.63) is 64.9 Å². The van der Waals surface area contributed by atoms with E-state index in [1.807, 2.05) is 18.2 Å². The van der Waals surface area contributed by atoms with E-state index in [-0.39, 0.29) is 11.9 Å². The molecule has 0 aliphatic carbocycles. The molecule has 0 aliphatic rings. The highest BCUT2D eigenvalue weighted by atomic mass is 32.1. The Balaban J connectivity index is 1.58. The number of amides is 1. The Morgan fingerprint density at radius 3 is 2.60 bits per heavy atom. The summed E-state index contributed by atoms with van der Waals surface area (Å²) in [4.78, 5) is 17.0. The van der Waals surface area contributed by atoms with Crippen LogP contribution < -0.4 is 11.1 Å². The molecule has 1 amide bonds. The predicted octanol–water partition coefficient (Wildman–Crippen LogP) is 3.96. The molecular formula is C19H21N3O2S. The summed E-state index contributed by atoms with van der Waals surface area (Å²) in [5.74, 6) is 0.968. The summed E-state index contributed by atoms with van der Waals surface area (Å²) in [6.45, 7) is 4.68. The van der Waals surface area contributed by atoms with E-state index in [4.69, 9.17) is 10.2 Å². The van der Waals surface area contributed by atoms with Crippen LogP contribution in [0.15, 0.2) is 53.3 Å². The molecule has 2 heterocycles. The first-order valence-corrected chi connectivity index (χ1v) is 8.99. The summed E-state index contributed by atoms with van der Waals surface area (Å²) in [5.41, 5.74) is 8.47. The average molecular weight is 355 g/mol. The number of carbonyl (C=O) groups is 1. The van der Waals surface area contributed by atoms with Crippen LogP contribution in [0.2, 0.25) is 0 Å². The number of carbonyl (C=O) groups excluding carboxylic acids is 1. The van der Waals surface area contributed by atoms with E-state index in [1.165, 1.54) is 16.9 Å². The Kier molecular flexibility index (Phi) is 5.31. The quantitative estimate of drug-likeness (QED) is 0.701. The van der Waals surface area contributed by atoms with Crippen LogP contribution >= 0.6 is 11.3 Å². The summed E-state index contributed by atoms with van der Waals surface area (Å²) in [5, 5.41) is 3.55. The smallest absolute Gasteiger partial charge is 0.263 e. The third-order valence-electron chi connectivity index (χ3n) is 3.98. The minimum atomic E-state index is -0.248. The summed E-state index contributed by atoms with van der Waals surface area (Å²) >= 11 is 1.29. The van der Waals surface area contributed by atoms with Gasteiger partial charge in [0, 0.05) is 12.6 Å². The van der Waals surface area contributed by atoms with Crippen molar-refractivity contribution in [3.8, 4) is 10.8 Å². The van der Waals surface area contributed by atoms with Crippen molar-refractivity contribution in [3.63, 3.8) is 0 Å². The fourth-order valence-corrected chi connectivity index (χ4v) is 3.23. The van der Waals surface area contributed by atoms with Crippen molar-refractivity contribution in [2.75, 3.05) is 6.54 Å². The number of rotatable bonds is 6. The van der Waals surface area contributed by atoms with E-state index in [0.717, 1.165) is 5.56 Å². The van der Waals surface area contributed by atoms with Gasteiger partial charge in [0.25, 0.3) is 5.91 Å². The average Bonchev–Trinajstić information content (AvgIpc) is 3.30. The van der Waals surface area contributed by atoms with E-state index in [1.54, 1.807) is 18.5 Å². The third kappa shape index (κ3) is 4.15. The second kappa shape index (κ2) is 7.63. The normalized spacial score (nSPS) is 12.3. The standard InChI is InChI=1S/C19H21N3O2S/c1-12(2)13-5-7-14(8-6-13)15(20)10-21-18(23)17-11-22-19(25-17)16-4-3-9-24-16/h3-9,11-12,15H,10,20H2,1-2H3,(H,21,23). The first kappa shape index (κ1) is 17.4. The lowest BCUT2D eigenvalue weighted by atomic mass is 9.99. The fraction of sp³-hybridized carbons (Fsp3) is 0.263. The summed E-state index contributed by atoms with van der Waals surface area (Å²) < 4.78 is 5.29. The molecule has 3 N–H and O–H groups in total. The maximum atomic E-state index is 12.3. The van der Waals surface area contributed by atoms with Gasteiger partial charge in [-0.2, -0.15) is 0 Å². The van der Waals surface area contributed by atoms with Gasteiger partial charge in [0.05, 0.1) is 12.5 Å². The second-order valence-corrected chi connectivity index (χ2v) is 7.18. The molecule has 1 unspecified atom stereocenters. The molecule has 0 spiro atoms. The van der Waals surface area contributed by atoms with Gasteiger partial charge in [0.1, 0.15) is 4.88 Å². The van der Waals surface area contributed by atoms with Gasteiger partial charge in [0.2, 0.25) is 0 Å². The minimum absolute atomic E-state index is 0.176.